The van der Waals surface area contributed by atoms with Gasteiger partial charge in [-0.1, -0.05) is 0 Å². The number of carbonyl (C=O) groups is 1. The van der Waals surface area contributed by atoms with E-state index in [0.717, 1.165) is 5.56 Å². The van der Waals surface area contributed by atoms with Crippen molar-refractivity contribution in [1.29, 1.82) is 0 Å². The largest absolute Gasteiger partial charge is 0.478 e. The van der Waals surface area contributed by atoms with E-state index in [2.05, 4.69) is 5.32 Å². The van der Waals surface area contributed by atoms with E-state index in [-0.39, 0.29) is 16.9 Å². The van der Waals surface area contributed by atoms with Gasteiger partial charge in [0.05, 0.1) is 16.7 Å². The van der Waals surface area contributed by atoms with E-state index in [1.807, 2.05) is 6.07 Å². The molecule has 0 saturated carbocycles. The Morgan fingerprint density at radius 3 is 2.62 bits per heavy atom. The van der Waals surface area contributed by atoms with Gasteiger partial charge in [-0.15, -0.1) is 0 Å². The van der Waals surface area contributed by atoms with E-state index in [1.54, 1.807) is 6.26 Å². The van der Waals surface area contributed by atoms with Crippen molar-refractivity contribution in [2.75, 3.05) is 0 Å². The maximum atomic E-state index is 12.5. The van der Waals surface area contributed by atoms with Gasteiger partial charge in [-0.2, -0.15) is 0 Å². The minimum Gasteiger partial charge on any atom is -0.478 e. The van der Waals surface area contributed by atoms with Crippen LogP contribution < -0.4 is 5.32 Å². The number of rotatable bonds is 3. The van der Waals surface area contributed by atoms with Gasteiger partial charge in [0.2, 0.25) is 0 Å². The Hall–Kier alpha value is -2.12. The molecule has 3 rings (SSSR count). The molecule has 1 aliphatic heterocycles. The molecule has 0 aliphatic carbocycles. The number of nitrogens with one attached hydrogen (secondary N) is 1. The van der Waals surface area contributed by atoms with Crippen molar-refractivity contribution in [3.05, 3.63) is 53.5 Å². The number of benzene rings is 1. The Labute approximate surface area is 121 Å². The van der Waals surface area contributed by atoms with Crippen LogP contribution in [-0.2, 0) is 22.8 Å². The molecule has 0 radical (unpaired) electrons. The van der Waals surface area contributed by atoms with E-state index < -0.39 is 21.2 Å². The Morgan fingerprint density at radius 2 is 1.95 bits per heavy atom. The van der Waals surface area contributed by atoms with Gasteiger partial charge in [0, 0.05) is 18.5 Å². The van der Waals surface area contributed by atoms with Crippen molar-refractivity contribution in [2.24, 2.45) is 0 Å². The monoisotopic (exact) mass is 307 g/mol. The summed E-state index contributed by atoms with van der Waals surface area (Å²) in [5.74, 6) is -0.417. The SMILES string of the molecule is O=C(O)c1ccc(S(=O)(=O)C2Cc3occc3CN2)cc1. The van der Waals surface area contributed by atoms with Crippen LogP contribution in [0, 0.1) is 0 Å². The van der Waals surface area contributed by atoms with Gasteiger partial charge in [0.15, 0.2) is 9.84 Å². The predicted molar refractivity (Wildman–Crippen MR) is 73.6 cm³/mol. The van der Waals surface area contributed by atoms with Crippen molar-refractivity contribution in [2.45, 2.75) is 23.2 Å². The van der Waals surface area contributed by atoms with E-state index in [1.165, 1.54) is 24.3 Å². The highest BCUT2D eigenvalue weighted by Crippen LogP contribution is 2.24. The molecule has 1 aromatic carbocycles. The van der Waals surface area contributed by atoms with Crippen molar-refractivity contribution < 1.29 is 22.7 Å². The minimum absolute atomic E-state index is 0.0545. The summed E-state index contributed by atoms with van der Waals surface area (Å²) in [6, 6.07) is 7.02. The second-order valence-corrected chi connectivity index (χ2v) is 6.95. The van der Waals surface area contributed by atoms with E-state index >= 15 is 0 Å². The summed E-state index contributed by atoms with van der Waals surface area (Å²) in [7, 11) is -3.59. The number of aromatic carboxylic acids is 1. The van der Waals surface area contributed by atoms with Crippen molar-refractivity contribution in [3.63, 3.8) is 0 Å². The zero-order valence-electron chi connectivity index (χ0n) is 10.9. The Morgan fingerprint density at radius 1 is 1.24 bits per heavy atom. The second-order valence-electron chi connectivity index (χ2n) is 4.82. The second kappa shape index (κ2) is 5.01. The molecule has 0 amide bonds. The van der Waals surface area contributed by atoms with E-state index in [0.29, 0.717) is 12.3 Å². The fourth-order valence-electron chi connectivity index (χ4n) is 2.34. The Bertz CT molecular complexity index is 776. The lowest BCUT2D eigenvalue weighted by Gasteiger charge is -2.23. The average molecular weight is 307 g/mol. The molecule has 6 nitrogen and oxygen atoms in total. The highest BCUT2D eigenvalue weighted by molar-refractivity contribution is 7.92. The van der Waals surface area contributed by atoms with Gasteiger partial charge in [0.25, 0.3) is 0 Å². The highest BCUT2D eigenvalue weighted by atomic mass is 32.2. The zero-order valence-corrected chi connectivity index (χ0v) is 11.8. The smallest absolute Gasteiger partial charge is 0.335 e. The number of hydrogen-bond acceptors (Lipinski definition) is 5. The summed E-state index contributed by atoms with van der Waals surface area (Å²) >= 11 is 0. The Balaban J connectivity index is 1.89. The summed E-state index contributed by atoms with van der Waals surface area (Å²) < 4.78 is 30.4. The van der Waals surface area contributed by atoms with Crippen LogP contribution in [0.15, 0.2) is 45.9 Å². The third kappa shape index (κ3) is 2.45. The van der Waals surface area contributed by atoms with Crippen LogP contribution in [0.4, 0.5) is 0 Å². The van der Waals surface area contributed by atoms with Crippen LogP contribution in [-0.4, -0.2) is 24.9 Å². The first-order valence-corrected chi connectivity index (χ1v) is 7.89. The maximum Gasteiger partial charge on any atom is 0.335 e. The molecule has 0 spiro atoms. The summed E-state index contributed by atoms with van der Waals surface area (Å²) in [5.41, 5.74) is 1.02. The van der Waals surface area contributed by atoms with Gasteiger partial charge in [-0.25, -0.2) is 13.2 Å². The van der Waals surface area contributed by atoms with Crippen molar-refractivity contribution in [1.82, 2.24) is 5.32 Å². The molecule has 7 heteroatoms. The number of fused-ring (bicyclic) bond motifs is 1. The van der Waals surface area contributed by atoms with Crippen LogP contribution in [0.3, 0.4) is 0 Å². The molecule has 21 heavy (non-hydrogen) atoms. The molecule has 2 N–H and O–H groups in total. The molecule has 1 aliphatic rings. The summed E-state index contributed by atoms with van der Waals surface area (Å²) in [4.78, 5) is 10.9. The molecule has 1 atom stereocenters. The molecule has 1 aromatic heterocycles. The lowest BCUT2D eigenvalue weighted by Crippen LogP contribution is -2.41. The highest BCUT2D eigenvalue weighted by Gasteiger charge is 2.32. The molecule has 110 valence electrons. The van der Waals surface area contributed by atoms with Crippen LogP contribution in [0.1, 0.15) is 21.7 Å². The topological polar surface area (TPSA) is 96.6 Å². The molecule has 2 heterocycles. The number of carboxylic acids is 1. The first kappa shape index (κ1) is 13.8. The number of sulfone groups is 1. The minimum atomic E-state index is -3.59. The molecular weight excluding hydrogens is 294 g/mol. The summed E-state index contributed by atoms with van der Waals surface area (Å²) in [5, 5.41) is 11.0. The summed E-state index contributed by atoms with van der Waals surface area (Å²) in [6.07, 6.45) is 1.80. The third-order valence-corrected chi connectivity index (χ3v) is 5.54. The van der Waals surface area contributed by atoms with Crippen LogP contribution >= 0.6 is 0 Å². The Kier molecular flexibility index (Phi) is 3.30. The van der Waals surface area contributed by atoms with Crippen LogP contribution in [0.25, 0.3) is 0 Å². The quantitative estimate of drug-likeness (QED) is 0.890. The van der Waals surface area contributed by atoms with Crippen LogP contribution in [0.2, 0.25) is 0 Å². The molecule has 0 saturated heterocycles. The average Bonchev–Trinajstić information content (AvgIpc) is 2.94. The predicted octanol–water partition coefficient (Wildman–Crippen LogP) is 1.42. The molecule has 0 fully saturated rings. The summed E-state index contributed by atoms with van der Waals surface area (Å²) in [6.45, 7) is 0.433. The standard InChI is InChI=1S/C14H13NO5S/c16-14(17)9-1-3-11(4-2-9)21(18,19)13-7-12-10(8-15-13)5-6-20-12/h1-6,13,15H,7-8H2,(H,16,17). The van der Waals surface area contributed by atoms with Gasteiger partial charge >= 0.3 is 5.97 Å². The molecule has 1 unspecified atom stereocenters. The fraction of sp³-hybridized carbons (Fsp3) is 0.214. The van der Waals surface area contributed by atoms with Gasteiger partial charge in [-0.05, 0) is 30.3 Å². The number of carboxylic acid groups (broad SMARTS) is 1. The first-order chi connectivity index (χ1) is 9.98. The number of hydrogen-bond donors (Lipinski definition) is 2. The van der Waals surface area contributed by atoms with E-state index in [4.69, 9.17) is 9.52 Å². The van der Waals surface area contributed by atoms with Gasteiger partial charge < -0.3 is 9.52 Å². The number of furan rings is 1. The first-order valence-electron chi connectivity index (χ1n) is 6.34. The normalized spacial score (nSPS) is 18.2. The van der Waals surface area contributed by atoms with Crippen LogP contribution in [0.5, 0.6) is 0 Å². The van der Waals surface area contributed by atoms with Gasteiger partial charge in [0.1, 0.15) is 11.1 Å². The van der Waals surface area contributed by atoms with Gasteiger partial charge in [-0.3, -0.25) is 5.32 Å². The zero-order chi connectivity index (χ0) is 15.0. The van der Waals surface area contributed by atoms with Crippen molar-refractivity contribution in [3.8, 4) is 0 Å². The molecule has 0 bridgehead atoms. The molecular formula is C14H13NO5S. The maximum absolute atomic E-state index is 12.5. The third-order valence-electron chi connectivity index (χ3n) is 3.53. The lowest BCUT2D eigenvalue weighted by atomic mass is 10.1. The lowest BCUT2D eigenvalue weighted by molar-refractivity contribution is 0.0696. The van der Waals surface area contributed by atoms with Crippen molar-refractivity contribution >= 4 is 15.8 Å². The molecule has 2 aromatic rings. The fourth-order valence-corrected chi connectivity index (χ4v) is 3.86. The van der Waals surface area contributed by atoms with E-state index in [9.17, 15) is 13.2 Å².